The minimum absolute atomic E-state index is 0.0513. The maximum absolute atomic E-state index is 12.6. The molecule has 0 aliphatic rings. The molecule has 3 heteroatoms. The first-order chi connectivity index (χ1) is 8.80. The van der Waals surface area contributed by atoms with Crippen LogP contribution in [0.15, 0.2) is 18.2 Å². The Balaban J connectivity index is 2.96. The van der Waals surface area contributed by atoms with E-state index in [4.69, 9.17) is 5.73 Å². The monoisotopic (exact) mass is 262 g/mol. The largest absolute Gasteiger partial charge is 0.338 e. The summed E-state index contributed by atoms with van der Waals surface area (Å²) in [5.74, 6) is 0.0986. The lowest BCUT2D eigenvalue weighted by atomic mass is 9.92. The molecule has 0 radical (unpaired) electrons. The Bertz CT molecular complexity index is 452. The second-order valence-electron chi connectivity index (χ2n) is 6.01. The van der Waals surface area contributed by atoms with Gasteiger partial charge < -0.3 is 10.6 Å². The predicted octanol–water partition coefficient (Wildman–Crippen LogP) is 2.75. The minimum atomic E-state index is -0.0513. The van der Waals surface area contributed by atoms with Gasteiger partial charge in [0.15, 0.2) is 0 Å². The van der Waals surface area contributed by atoms with Crippen LogP contribution in [0.5, 0.6) is 0 Å². The van der Waals surface area contributed by atoms with Crippen LogP contribution in [0.25, 0.3) is 0 Å². The summed E-state index contributed by atoms with van der Waals surface area (Å²) in [4.78, 5) is 14.5. The molecule has 0 aromatic heterocycles. The normalized spacial score (nSPS) is 11.5. The van der Waals surface area contributed by atoms with E-state index in [2.05, 4.69) is 19.9 Å². The van der Waals surface area contributed by atoms with Crippen molar-refractivity contribution in [2.45, 2.75) is 34.6 Å². The quantitative estimate of drug-likeness (QED) is 0.887. The molecule has 1 rings (SSSR count). The van der Waals surface area contributed by atoms with Crippen molar-refractivity contribution in [2.24, 2.45) is 11.1 Å². The van der Waals surface area contributed by atoms with Gasteiger partial charge in [-0.1, -0.05) is 31.5 Å². The van der Waals surface area contributed by atoms with Gasteiger partial charge in [0.05, 0.1) is 0 Å². The standard InChI is InChI=1S/C16H26N2O/c1-6-18(11-16(4,5)10-17)15(19)14-8-7-12(2)9-13(14)3/h7-9H,6,10-11,17H2,1-5H3. The van der Waals surface area contributed by atoms with Crippen LogP contribution in [-0.4, -0.2) is 30.4 Å². The van der Waals surface area contributed by atoms with E-state index < -0.39 is 0 Å². The summed E-state index contributed by atoms with van der Waals surface area (Å²) in [5.41, 5.74) is 8.72. The van der Waals surface area contributed by atoms with Crippen molar-refractivity contribution in [3.8, 4) is 0 Å². The highest BCUT2D eigenvalue weighted by molar-refractivity contribution is 5.95. The Kier molecular flexibility index (Phi) is 5.12. The summed E-state index contributed by atoms with van der Waals surface area (Å²) in [6.45, 7) is 12.2. The number of benzene rings is 1. The van der Waals surface area contributed by atoms with E-state index in [1.807, 2.05) is 37.8 Å². The smallest absolute Gasteiger partial charge is 0.254 e. The fourth-order valence-corrected chi connectivity index (χ4v) is 2.13. The van der Waals surface area contributed by atoms with Gasteiger partial charge in [0.25, 0.3) is 5.91 Å². The molecule has 0 atom stereocenters. The predicted molar refractivity (Wildman–Crippen MR) is 80.3 cm³/mol. The van der Waals surface area contributed by atoms with Gasteiger partial charge in [-0.25, -0.2) is 0 Å². The van der Waals surface area contributed by atoms with E-state index in [1.165, 1.54) is 5.56 Å². The zero-order valence-corrected chi connectivity index (χ0v) is 12.8. The maximum atomic E-state index is 12.6. The second-order valence-corrected chi connectivity index (χ2v) is 6.01. The van der Waals surface area contributed by atoms with Gasteiger partial charge in [0, 0.05) is 18.7 Å². The maximum Gasteiger partial charge on any atom is 0.254 e. The zero-order valence-electron chi connectivity index (χ0n) is 12.8. The fourth-order valence-electron chi connectivity index (χ4n) is 2.13. The lowest BCUT2D eigenvalue weighted by Gasteiger charge is -2.31. The first kappa shape index (κ1) is 15.7. The SMILES string of the molecule is CCN(CC(C)(C)CN)C(=O)c1ccc(C)cc1C. The molecule has 0 unspecified atom stereocenters. The van der Waals surface area contributed by atoms with Crippen LogP contribution in [0.3, 0.4) is 0 Å². The number of nitrogens with zero attached hydrogens (tertiary/aromatic N) is 1. The molecule has 1 aromatic carbocycles. The molecule has 2 N–H and O–H groups in total. The highest BCUT2D eigenvalue weighted by atomic mass is 16.2. The van der Waals surface area contributed by atoms with E-state index >= 15 is 0 Å². The molecule has 0 heterocycles. The molecule has 0 spiro atoms. The van der Waals surface area contributed by atoms with E-state index in [9.17, 15) is 4.79 Å². The summed E-state index contributed by atoms with van der Waals surface area (Å²) < 4.78 is 0. The number of carbonyl (C=O) groups excluding carboxylic acids is 1. The van der Waals surface area contributed by atoms with Crippen LogP contribution in [0.4, 0.5) is 0 Å². The Labute approximate surface area is 116 Å². The van der Waals surface area contributed by atoms with E-state index in [0.717, 1.165) is 11.1 Å². The average molecular weight is 262 g/mol. The highest BCUT2D eigenvalue weighted by Crippen LogP contribution is 2.18. The first-order valence-electron chi connectivity index (χ1n) is 6.87. The van der Waals surface area contributed by atoms with Crippen molar-refractivity contribution >= 4 is 5.91 Å². The van der Waals surface area contributed by atoms with Crippen LogP contribution < -0.4 is 5.73 Å². The first-order valence-corrected chi connectivity index (χ1v) is 6.87. The van der Waals surface area contributed by atoms with Crippen molar-refractivity contribution in [3.05, 3.63) is 34.9 Å². The Morgan fingerprint density at radius 2 is 1.95 bits per heavy atom. The molecule has 1 amide bonds. The molecule has 0 aliphatic carbocycles. The number of carbonyl (C=O) groups is 1. The molecule has 106 valence electrons. The van der Waals surface area contributed by atoms with Gasteiger partial charge in [0.1, 0.15) is 0 Å². The van der Waals surface area contributed by atoms with Crippen LogP contribution >= 0.6 is 0 Å². The van der Waals surface area contributed by atoms with E-state index in [-0.39, 0.29) is 11.3 Å². The van der Waals surface area contributed by atoms with Crippen LogP contribution in [-0.2, 0) is 0 Å². The summed E-state index contributed by atoms with van der Waals surface area (Å²) in [7, 11) is 0. The van der Waals surface area contributed by atoms with E-state index in [1.54, 1.807) is 0 Å². The highest BCUT2D eigenvalue weighted by Gasteiger charge is 2.24. The summed E-state index contributed by atoms with van der Waals surface area (Å²) >= 11 is 0. The van der Waals surface area contributed by atoms with Gasteiger partial charge >= 0.3 is 0 Å². The number of nitrogens with two attached hydrogens (primary N) is 1. The van der Waals surface area contributed by atoms with Gasteiger partial charge in [-0.2, -0.15) is 0 Å². The third-order valence-corrected chi connectivity index (χ3v) is 3.45. The molecule has 19 heavy (non-hydrogen) atoms. The summed E-state index contributed by atoms with van der Waals surface area (Å²) in [6, 6.07) is 5.96. The zero-order chi connectivity index (χ0) is 14.6. The van der Waals surface area contributed by atoms with Crippen LogP contribution in [0.1, 0.15) is 42.3 Å². The molecule has 1 aromatic rings. The van der Waals surface area contributed by atoms with Gasteiger partial charge in [-0.15, -0.1) is 0 Å². The van der Waals surface area contributed by atoms with Gasteiger partial charge in [0.2, 0.25) is 0 Å². The number of hydrogen-bond acceptors (Lipinski definition) is 2. The number of aryl methyl sites for hydroxylation is 2. The fraction of sp³-hybridized carbons (Fsp3) is 0.562. The van der Waals surface area contributed by atoms with Crippen molar-refractivity contribution in [1.82, 2.24) is 4.90 Å². The molecule has 3 nitrogen and oxygen atoms in total. The number of hydrogen-bond donors (Lipinski definition) is 1. The van der Waals surface area contributed by atoms with E-state index in [0.29, 0.717) is 19.6 Å². The summed E-state index contributed by atoms with van der Waals surface area (Å²) in [5, 5.41) is 0. The van der Waals surface area contributed by atoms with Crippen LogP contribution in [0.2, 0.25) is 0 Å². The summed E-state index contributed by atoms with van der Waals surface area (Å²) in [6.07, 6.45) is 0. The van der Waals surface area contributed by atoms with Crippen molar-refractivity contribution in [1.29, 1.82) is 0 Å². The molecule has 0 bridgehead atoms. The molecule has 0 saturated carbocycles. The van der Waals surface area contributed by atoms with Crippen molar-refractivity contribution in [3.63, 3.8) is 0 Å². The van der Waals surface area contributed by atoms with Crippen molar-refractivity contribution < 1.29 is 4.79 Å². The number of amides is 1. The number of rotatable bonds is 5. The second kappa shape index (κ2) is 6.20. The Morgan fingerprint density at radius 1 is 1.32 bits per heavy atom. The van der Waals surface area contributed by atoms with Crippen molar-refractivity contribution in [2.75, 3.05) is 19.6 Å². The third kappa shape index (κ3) is 4.06. The Morgan fingerprint density at radius 3 is 2.42 bits per heavy atom. The third-order valence-electron chi connectivity index (χ3n) is 3.45. The molecule has 0 saturated heterocycles. The van der Waals surface area contributed by atoms with Crippen LogP contribution in [0, 0.1) is 19.3 Å². The molecular formula is C16H26N2O. The molecular weight excluding hydrogens is 236 g/mol. The topological polar surface area (TPSA) is 46.3 Å². The lowest BCUT2D eigenvalue weighted by Crippen LogP contribution is -2.42. The van der Waals surface area contributed by atoms with Gasteiger partial charge in [-0.3, -0.25) is 4.79 Å². The molecule has 0 aliphatic heterocycles. The minimum Gasteiger partial charge on any atom is -0.338 e. The molecule has 0 fully saturated rings. The lowest BCUT2D eigenvalue weighted by molar-refractivity contribution is 0.0700. The average Bonchev–Trinajstić information content (AvgIpc) is 2.35. The van der Waals surface area contributed by atoms with Gasteiger partial charge in [-0.05, 0) is 44.4 Å². The Hall–Kier alpha value is -1.35.